The summed E-state index contributed by atoms with van der Waals surface area (Å²) in [6.45, 7) is 6.40. The average molecular weight is 480 g/mol. The van der Waals surface area contributed by atoms with Crippen molar-refractivity contribution in [2.75, 3.05) is 0 Å². The first kappa shape index (κ1) is 25.7. The van der Waals surface area contributed by atoms with Gasteiger partial charge in [-0.25, -0.2) is 0 Å². The maximum Gasteiger partial charge on any atom is 0.251 e. The second-order valence-electron chi connectivity index (χ2n) is 11.7. The number of rotatable bonds is 5. The molecule has 35 heavy (non-hydrogen) atoms. The van der Waals surface area contributed by atoms with Crippen molar-refractivity contribution in [3.05, 3.63) is 35.4 Å². The molecule has 0 heterocycles. The van der Waals surface area contributed by atoms with Crippen LogP contribution in [-0.4, -0.2) is 35.1 Å². The first-order valence-electron chi connectivity index (χ1n) is 13.5. The number of aliphatic hydroxyl groups excluding tert-OH is 1. The molecule has 4 rings (SSSR count). The number of nitriles is 1. The summed E-state index contributed by atoms with van der Waals surface area (Å²) >= 11 is 0. The predicted octanol–water partition coefficient (Wildman–Crippen LogP) is 4.56. The number of aliphatic hydroxyl groups is 1. The van der Waals surface area contributed by atoms with Crippen molar-refractivity contribution < 1.29 is 14.7 Å². The molecule has 0 aliphatic heterocycles. The van der Waals surface area contributed by atoms with Gasteiger partial charge in [-0.05, 0) is 86.0 Å². The van der Waals surface area contributed by atoms with E-state index in [2.05, 4.69) is 30.6 Å². The van der Waals surface area contributed by atoms with E-state index < -0.39 is 6.10 Å². The van der Waals surface area contributed by atoms with E-state index in [-0.39, 0.29) is 53.0 Å². The Morgan fingerprint density at radius 3 is 2.37 bits per heavy atom. The van der Waals surface area contributed by atoms with Gasteiger partial charge in [0.25, 0.3) is 5.91 Å². The van der Waals surface area contributed by atoms with E-state index >= 15 is 0 Å². The van der Waals surface area contributed by atoms with Crippen molar-refractivity contribution in [2.24, 2.45) is 29.1 Å². The number of carbonyl (C=O) groups is 2. The van der Waals surface area contributed by atoms with Crippen LogP contribution in [0.4, 0.5) is 0 Å². The van der Waals surface area contributed by atoms with Crippen molar-refractivity contribution in [1.29, 1.82) is 5.26 Å². The van der Waals surface area contributed by atoms with Crippen LogP contribution in [0.2, 0.25) is 0 Å². The molecule has 0 spiro atoms. The molecule has 6 nitrogen and oxygen atoms in total. The highest BCUT2D eigenvalue weighted by Gasteiger charge is 2.54. The fourth-order valence-electron chi connectivity index (χ4n) is 7.22. The Morgan fingerprint density at radius 2 is 1.71 bits per heavy atom. The van der Waals surface area contributed by atoms with Gasteiger partial charge in [-0.15, -0.1) is 0 Å². The van der Waals surface area contributed by atoms with Crippen LogP contribution in [-0.2, 0) is 4.79 Å². The number of carbonyl (C=O) groups excluding carboxylic acids is 2. The Bertz CT molecular complexity index is 949. The molecule has 0 bridgehead atoms. The summed E-state index contributed by atoms with van der Waals surface area (Å²) in [5.41, 5.74) is 1.09. The quantitative estimate of drug-likeness (QED) is 0.576. The van der Waals surface area contributed by atoms with Gasteiger partial charge in [0.1, 0.15) is 0 Å². The molecule has 0 saturated heterocycles. The number of nitrogens with zero attached hydrogens (tertiary/aromatic N) is 1. The van der Waals surface area contributed by atoms with Gasteiger partial charge in [-0.1, -0.05) is 40.0 Å². The van der Waals surface area contributed by atoms with E-state index in [0.29, 0.717) is 11.1 Å². The van der Waals surface area contributed by atoms with Crippen LogP contribution in [0.3, 0.4) is 0 Å². The molecule has 190 valence electrons. The summed E-state index contributed by atoms with van der Waals surface area (Å²) in [5.74, 6) is -0.214. The van der Waals surface area contributed by atoms with Gasteiger partial charge in [-0.3, -0.25) is 9.59 Å². The molecule has 0 aromatic heterocycles. The molecule has 2 amide bonds. The minimum absolute atomic E-state index is 0.0184. The molecule has 0 radical (unpaired) electrons. The Kier molecular flexibility index (Phi) is 7.86. The minimum atomic E-state index is -0.564. The lowest BCUT2D eigenvalue weighted by molar-refractivity contribution is -0.142. The van der Waals surface area contributed by atoms with Gasteiger partial charge >= 0.3 is 0 Å². The fraction of sp³-hybridized carbons (Fsp3) is 0.690. The second kappa shape index (κ2) is 10.7. The first-order valence-corrected chi connectivity index (χ1v) is 13.5. The van der Waals surface area contributed by atoms with E-state index in [1.807, 2.05) is 6.92 Å². The fourth-order valence-corrected chi connectivity index (χ4v) is 7.22. The van der Waals surface area contributed by atoms with Crippen molar-refractivity contribution in [1.82, 2.24) is 10.6 Å². The van der Waals surface area contributed by atoms with Crippen LogP contribution in [0.15, 0.2) is 24.3 Å². The Balaban J connectivity index is 1.42. The normalized spacial score (nSPS) is 34.2. The zero-order valence-corrected chi connectivity index (χ0v) is 21.4. The van der Waals surface area contributed by atoms with Crippen LogP contribution in [0, 0.1) is 40.4 Å². The summed E-state index contributed by atoms with van der Waals surface area (Å²) in [4.78, 5) is 26.0. The molecule has 6 heteroatoms. The topological polar surface area (TPSA) is 102 Å². The maximum atomic E-state index is 13.1. The number of fused-ring (bicyclic) bond motifs is 1. The zero-order chi connectivity index (χ0) is 25.2. The molecule has 3 aliphatic carbocycles. The summed E-state index contributed by atoms with van der Waals surface area (Å²) in [6.07, 6.45) is 8.86. The molecule has 1 aromatic carbocycles. The van der Waals surface area contributed by atoms with Gasteiger partial charge in [-0.2, -0.15) is 5.26 Å². The van der Waals surface area contributed by atoms with Crippen LogP contribution in [0.25, 0.3) is 0 Å². The molecular weight excluding hydrogens is 438 g/mol. The third-order valence-corrected chi connectivity index (χ3v) is 9.49. The Labute approximate surface area is 209 Å². The van der Waals surface area contributed by atoms with Crippen LogP contribution >= 0.6 is 0 Å². The highest BCUT2D eigenvalue weighted by atomic mass is 16.3. The number of hydrogen-bond acceptors (Lipinski definition) is 4. The standard InChI is InChI=1S/C29H41N3O3/c1-18(27(34)31-22-7-5-4-6-8-22)23-13-15-29(3)16-14-24(19(2)25(29)26(23)33)32-28(35)21-11-9-20(17-30)10-12-21/h9-12,18-19,22-26,33H,4-8,13-16H2,1-3H3,(H,31,34)(H,32,35). The van der Waals surface area contributed by atoms with Crippen molar-refractivity contribution >= 4 is 11.8 Å². The van der Waals surface area contributed by atoms with Crippen LogP contribution in [0.1, 0.15) is 94.5 Å². The summed E-state index contributed by atoms with van der Waals surface area (Å²) < 4.78 is 0. The SMILES string of the molecule is CC(C(=O)NC1CCCCC1)C1CCC2(C)CCC(NC(=O)c3ccc(C#N)cc3)C(C)C2C1O. The average Bonchev–Trinajstić information content (AvgIpc) is 2.86. The van der Waals surface area contributed by atoms with E-state index in [9.17, 15) is 14.7 Å². The molecule has 3 saturated carbocycles. The van der Waals surface area contributed by atoms with Crippen LogP contribution in [0.5, 0.6) is 0 Å². The number of nitrogens with one attached hydrogen (secondary N) is 2. The molecular formula is C29H41N3O3. The maximum absolute atomic E-state index is 13.1. The summed E-state index contributed by atoms with van der Waals surface area (Å²) in [5, 5.41) is 27.1. The van der Waals surface area contributed by atoms with E-state index in [1.54, 1.807) is 24.3 Å². The van der Waals surface area contributed by atoms with E-state index in [4.69, 9.17) is 5.26 Å². The number of amides is 2. The molecule has 3 aliphatic rings. The largest absolute Gasteiger partial charge is 0.392 e. The lowest BCUT2D eigenvalue weighted by Crippen LogP contribution is -2.58. The van der Waals surface area contributed by atoms with Gasteiger partial charge in [0, 0.05) is 23.6 Å². The third kappa shape index (κ3) is 5.40. The highest BCUT2D eigenvalue weighted by Crippen LogP contribution is 2.55. The van der Waals surface area contributed by atoms with Gasteiger partial charge in [0.15, 0.2) is 0 Å². The smallest absolute Gasteiger partial charge is 0.251 e. The molecule has 7 unspecified atom stereocenters. The molecule has 3 N–H and O–H groups in total. The first-order chi connectivity index (χ1) is 16.7. The lowest BCUT2D eigenvalue weighted by atomic mass is 9.51. The molecule has 3 fully saturated rings. The Morgan fingerprint density at radius 1 is 1.06 bits per heavy atom. The predicted molar refractivity (Wildman–Crippen MR) is 135 cm³/mol. The number of hydrogen-bond donors (Lipinski definition) is 3. The summed E-state index contributed by atoms with van der Waals surface area (Å²) in [7, 11) is 0. The number of benzene rings is 1. The van der Waals surface area contributed by atoms with Gasteiger partial charge < -0.3 is 15.7 Å². The van der Waals surface area contributed by atoms with Crippen molar-refractivity contribution in [2.45, 2.75) is 96.7 Å². The van der Waals surface area contributed by atoms with Crippen molar-refractivity contribution in [3.8, 4) is 6.07 Å². The van der Waals surface area contributed by atoms with Crippen LogP contribution < -0.4 is 10.6 Å². The van der Waals surface area contributed by atoms with Gasteiger partial charge in [0.05, 0.1) is 17.7 Å². The Hall–Kier alpha value is -2.39. The minimum Gasteiger partial charge on any atom is -0.392 e. The van der Waals surface area contributed by atoms with Crippen molar-refractivity contribution in [3.63, 3.8) is 0 Å². The summed E-state index contributed by atoms with van der Waals surface area (Å²) in [6, 6.07) is 9.01. The third-order valence-electron chi connectivity index (χ3n) is 9.49. The molecule has 7 atom stereocenters. The van der Waals surface area contributed by atoms with E-state index in [1.165, 1.54) is 19.3 Å². The zero-order valence-electron chi connectivity index (χ0n) is 21.4. The highest BCUT2D eigenvalue weighted by molar-refractivity contribution is 5.94. The molecule has 1 aromatic rings. The monoisotopic (exact) mass is 479 g/mol. The van der Waals surface area contributed by atoms with Gasteiger partial charge in [0.2, 0.25) is 5.91 Å². The lowest BCUT2D eigenvalue weighted by Gasteiger charge is -2.56. The second-order valence-corrected chi connectivity index (χ2v) is 11.7. The van der Waals surface area contributed by atoms with E-state index in [0.717, 1.165) is 38.5 Å².